The lowest BCUT2D eigenvalue weighted by atomic mass is 10.0. The van der Waals surface area contributed by atoms with Gasteiger partial charge in [0, 0.05) is 23.7 Å². The molecular weight excluding hydrogens is 496 g/mol. The number of amides is 2. The van der Waals surface area contributed by atoms with E-state index in [0.29, 0.717) is 30.2 Å². The molecule has 3 aromatic rings. The Morgan fingerprint density at radius 1 is 1.00 bits per heavy atom. The smallest absolute Gasteiger partial charge is 0.265 e. The van der Waals surface area contributed by atoms with E-state index in [1.807, 2.05) is 61.2 Å². The average Bonchev–Trinajstić information content (AvgIpc) is 2.92. The fourth-order valence-electron chi connectivity index (χ4n) is 4.26. The molecule has 0 saturated carbocycles. The van der Waals surface area contributed by atoms with Gasteiger partial charge in [0.15, 0.2) is 6.29 Å². The minimum atomic E-state index is -0.471. The zero-order valence-corrected chi connectivity index (χ0v) is 23.1. The van der Waals surface area contributed by atoms with Gasteiger partial charge in [-0.2, -0.15) is 0 Å². The van der Waals surface area contributed by atoms with Crippen molar-refractivity contribution in [3.8, 4) is 0 Å². The highest BCUT2D eigenvalue weighted by Crippen LogP contribution is 2.42. The zero-order valence-electron chi connectivity index (χ0n) is 22.3. The second kappa shape index (κ2) is 12.9. The van der Waals surface area contributed by atoms with E-state index < -0.39 is 6.29 Å². The van der Waals surface area contributed by atoms with E-state index in [4.69, 9.17) is 9.47 Å². The van der Waals surface area contributed by atoms with Crippen molar-refractivity contribution in [1.29, 1.82) is 0 Å². The van der Waals surface area contributed by atoms with E-state index in [1.54, 1.807) is 12.1 Å². The van der Waals surface area contributed by atoms with E-state index in [2.05, 4.69) is 37.4 Å². The highest BCUT2D eigenvalue weighted by molar-refractivity contribution is 8.04. The summed E-state index contributed by atoms with van der Waals surface area (Å²) in [6, 6.07) is 21.6. The highest BCUT2D eigenvalue weighted by Gasteiger charge is 2.29. The number of hydrogen-bond acceptors (Lipinski definition) is 5. The van der Waals surface area contributed by atoms with Crippen LogP contribution in [-0.2, 0) is 20.8 Å². The SMILES string of the molecule is CCOC(CNC(=O)c1ccc(C=C2Sc3ccccc3N(Cc3cc(C)ccc3C)C2=O)cc1)OCC. The maximum Gasteiger partial charge on any atom is 0.265 e. The lowest BCUT2D eigenvalue weighted by molar-refractivity contribution is -0.131. The van der Waals surface area contributed by atoms with E-state index >= 15 is 0 Å². The Labute approximate surface area is 229 Å². The first-order valence-electron chi connectivity index (χ1n) is 12.9. The van der Waals surface area contributed by atoms with E-state index in [0.717, 1.165) is 27.3 Å². The summed E-state index contributed by atoms with van der Waals surface area (Å²) in [6.45, 7) is 9.70. The number of para-hydroxylation sites is 1. The van der Waals surface area contributed by atoms with Crippen LogP contribution in [0.3, 0.4) is 0 Å². The normalized spacial score (nSPS) is 14.2. The summed E-state index contributed by atoms with van der Waals surface area (Å²) in [4.78, 5) is 29.8. The van der Waals surface area contributed by atoms with Crippen LogP contribution in [-0.4, -0.2) is 37.9 Å². The van der Waals surface area contributed by atoms with Crippen molar-refractivity contribution in [3.63, 3.8) is 0 Å². The van der Waals surface area contributed by atoms with Gasteiger partial charge >= 0.3 is 0 Å². The van der Waals surface area contributed by atoms with Crippen LogP contribution >= 0.6 is 11.8 Å². The number of carbonyl (C=O) groups is 2. The van der Waals surface area contributed by atoms with Crippen LogP contribution < -0.4 is 10.2 Å². The van der Waals surface area contributed by atoms with Gasteiger partial charge in [0.25, 0.3) is 11.8 Å². The highest BCUT2D eigenvalue weighted by atomic mass is 32.2. The van der Waals surface area contributed by atoms with E-state index in [1.165, 1.54) is 17.3 Å². The van der Waals surface area contributed by atoms with Crippen molar-refractivity contribution in [3.05, 3.63) is 99.5 Å². The third-order valence-corrected chi connectivity index (χ3v) is 7.35. The van der Waals surface area contributed by atoms with Gasteiger partial charge < -0.3 is 19.7 Å². The summed E-state index contributed by atoms with van der Waals surface area (Å²) in [5, 5.41) is 2.86. The van der Waals surface area contributed by atoms with Crippen molar-refractivity contribution >= 4 is 35.3 Å². The van der Waals surface area contributed by atoms with Crippen LogP contribution in [0.2, 0.25) is 0 Å². The number of rotatable bonds is 10. The molecule has 38 heavy (non-hydrogen) atoms. The predicted molar refractivity (Wildman–Crippen MR) is 153 cm³/mol. The summed E-state index contributed by atoms with van der Waals surface area (Å²) < 4.78 is 11.0. The largest absolute Gasteiger partial charge is 0.351 e. The van der Waals surface area contributed by atoms with Gasteiger partial charge in [-0.1, -0.05) is 59.8 Å². The number of nitrogens with zero attached hydrogens (tertiary/aromatic N) is 1. The Morgan fingerprint density at radius 2 is 1.71 bits per heavy atom. The minimum absolute atomic E-state index is 0.0330. The lowest BCUT2D eigenvalue weighted by Gasteiger charge is -2.31. The minimum Gasteiger partial charge on any atom is -0.351 e. The molecular formula is C31H34N2O4S. The number of anilines is 1. The number of aryl methyl sites for hydroxylation is 2. The topological polar surface area (TPSA) is 67.9 Å². The van der Waals surface area contributed by atoms with Gasteiger partial charge in [-0.05, 0) is 74.7 Å². The van der Waals surface area contributed by atoms with Gasteiger partial charge in [-0.15, -0.1) is 0 Å². The molecule has 0 saturated heterocycles. The molecule has 0 unspecified atom stereocenters. The molecule has 1 aliphatic heterocycles. The van der Waals surface area contributed by atoms with Crippen LogP contribution in [0.5, 0.6) is 0 Å². The molecule has 0 fully saturated rings. The molecule has 1 aliphatic rings. The van der Waals surface area contributed by atoms with Crippen LogP contribution in [0.15, 0.2) is 76.5 Å². The third kappa shape index (κ3) is 6.72. The van der Waals surface area contributed by atoms with Gasteiger partial charge in [0.1, 0.15) is 0 Å². The zero-order chi connectivity index (χ0) is 27.1. The first kappa shape index (κ1) is 27.6. The van der Waals surface area contributed by atoms with Crippen molar-refractivity contribution in [1.82, 2.24) is 5.32 Å². The number of ether oxygens (including phenoxy) is 2. The quantitative estimate of drug-likeness (QED) is 0.253. The van der Waals surface area contributed by atoms with Crippen LogP contribution in [0.25, 0.3) is 6.08 Å². The summed E-state index contributed by atoms with van der Waals surface area (Å²) in [6.07, 6.45) is 1.42. The molecule has 4 rings (SSSR count). The second-order valence-electron chi connectivity index (χ2n) is 9.07. The molecule has 0 bridgehead atoms. The molecule has 0 aromatic heterocycles. The Hall–Kier alpha value is -3.39. The summed E-state index contributed by atoms with van der Waals surface area (Å²) in [5.41, 5.74) is 5.76. The van der Waals surface area contributed by atoms with Crippen LogP contribution in [0.4, 0.5) is 5.69 Å². The lowest BCUT2D eigenvalue weighted by Crippen LogP contribution is -2.35. The molecule has 198 valence electrons. The second-order valence-corrected chi connectivity index (χ2v) is 10.2. The third-order valence-electron chi connectivity index (χ3n) is 6.27. The van der Waals surface area contributed by atoms with Gasteiger partial charge in [0.2, 0.25) is 0 Å². The fraction of sp³-hybridized carbons (Fsp3) is 0.290. The number of thioether (sulfide) groups is 1. The van der Waals surface area contributed by atoms with Crippen LogP contribution in [0.1, 0.15) is 46.5 Å². The van der Waals surface area contributed by atoms with Crippen molar-refractivity contribution in [2.75, 3.05) is 24.7 Å². The molecule has 2 amide bonds. The van der Waals surface area contributed by atoms with E-state index in [9.17, 15) is 9.59 Å². The maximum atomic E-state index is 13.7. The Balaban J connectivity index is 1.52. The number of nitrogens with one attached hydrogen (secondary N) is 1. The van der Waals surface area contributed by atoms with Gasteiger partial charge in [-0.3, -0.25) is 9.59 Å². The van der Waals surface area contributed by atoms with Gasteiger partial charge in [0.05, 0.1) is 23.7 Å². The number of hydrogen-bond donors (Lipinski definition) is 1. The molecule has 1 N–H and O–H groups in total. The molecule has 0 radical (unpaired) electrons. The van der Waals surface area contributed by atoms with Crippen molar-refractivity contribution < 1.29 is 19.1 Å². The average molecular weight is 531 g/mol. The number of carbonyl (C=O) groups excluding carboxylic acids is 2. The van der Waals surface area contributed by atoms with Crippen molar-refractivity contribution in [2.45, 2.75) is 45.4 Å². The predicted octanol–water partition coefficient (Wildman–Crippen LogP) is 6.11. The first-order valence-corrected chi connectivity index (χ1v) is 13.7. The van der Waals surface area contributed by atoms with Crippen molar-refractivity contribution in [2.24, 2.45) is 0 Å². The number of fused-ring (bicyclic) bond motifs is 1. The maximum absolute atomic E-state index is 13.7. The standard InChI is InChI=1S/C31H34N2O4S/c1-5-36-29(37-6-2)19-32-30(34)24-15-13-23(14-16-24)18-28-31(35)33(26-9-7-8-10-27(26)38-28)20-25-17-21(3)11-12-22(25)4/h7-18,29H,5-6,19-20H2,1-4H3,(H,32,34). The molecule has 7 heteroatoms. The first-order chi connectivity index (χ1) is 18.4. The molecule has 0 atom stereocenters. The summed E-state index contributed by atoms with van der Waals surface area (Å²) in [5.74, 6) is -0.236. The Bertz CT molecular complexity index is 1310. The monoisotopic (exact) mass is 530 g/mol. The molecule has 0 aliphatic carbocycles. The molecule has 3 aromatic carbocycles. The molecule has 0 spiro atoms. The molecule has 1 heterocycles. The van der Waals surface area contributed by atoms with Gasteiger partial charge in [-0.25, -0.2) is 0 Å². The number of benzene rings is 3. The Morgan fingerprint density at radius 3 is 2.42 bits per heavy atom. The Kier molecular flexibility index (Phi) is 9.39. The summed E-state index contributed by atoms with van der Waals surface area (Å²) >= 11 is 1.48. The molecule has 6 nitrogen and oxygen atoms in total. The summed E-state index contributed by atoms with van der Waals surface area (Å²) in [7, 11) is 0. The fourth-order valence-corrected chi connectivity index (χ4v) is 5.32. The van der Waals surface area contributed by atoms with E-state index in [-0.39, 0.29) is 18.4 Å². The van der Waals surface area contributed by atoms with Crippen LogP contribution in [0, 0.1) is 13.8 Å².